The van der Waals surface area contributed by atoms with E-state index in [9.17, 15) is 9.18 Å². The van der Waals surface area contributed by atoms with Crippen molar-refractivity contribution in [2.75, 3.05) is 0 Å². The number of oxazole rings is 1. The van der Waals surface area contributed by atoms with Gasteiger partial charge in [0.25, 0.3) is 0 Å². The Hall–Kier alpha value is -1.84. The van der Waals surface area contributed by atoms with E-state index in [0.29, 0.717) is 0 Å². The molecule has 0 saturated carbocycles. The van der Waals surface area contributed by atoms with E-state index in [2.05, 4.69) is 4.42 Å². The molecule has 0 spiro atoms. The van der Waals surface area contributed by atoms with Gasteiger partial charge in [0.2, 0.25) is 0 Å². The Labute approximate surface area is 79.4 Å². The Morgan fingerprint density at radius 1 is 1.43 bits per heavy atom. The van der Waals surface area contributed by atoms with E-state index in [1.54, 1.807) is 19.1 Å². The molecule has 0 bridgehead atoms. The van der Waals surface area contributed by atoms with Gasteiger partial charge in [-0.2, -0.15) is 0 Å². The van der Waals surface area contributed by atoms with Crippen LogP contribution in [0, 0.1) is 12.7 Å². The SMILES string of the molecule is Cc1ccc(-n2ccoc2=O)c(F)c1. The molecule has 0 unspecified atom stereocenters. The van der Waals surface area contributed by atoms with Crippen molar-refractivity contribution in [1.82, 2.24) is 4.57 Å². The highest BCUT2D eigenvalue weighted by Gasteiger charge is 2.07. The fourth-order valence-electron chi connectivity index (χ4n) is 1.25. The van der Waals surface area contributed by atoms with Gasteiger partial charge in [0.15, 0.2) is 0 Å². The molecule has 0 aliphatic heterocycles. The average molecular weight is 193 g/mol. The van der Waals surface area contributed by atoms with Crippen molar-refractivity contribution in [3.05, 3.63) is 52.6 Å². The van der Waals surface area contributed by atoms with Crippen LogP contribution < -0.4 is 5.76 Å². The zero-order valence-electron chi connectivity index (χ0n) is 7.53. The molecule has 2 aromatic rings. The summed E-state index contributed by atoms with van der Waals surface area (Å²) < 4.78 is 19.1. The van der Waals surface area contributed by atoms with Crippen LogP contribution in [-0.4, -0.2) is 4.57 Å². The van der Waals surface area contributed by atoms with Gasteiger partial charge in [-0.1, -0.05) is 6.07 Å². The summed E-state index contributed by atoms with van der Waals surface area (Å²) in [6.07, 6.45) is 2.61. The van der Waals surface area contributed by atoms with Crippen LogP contribution in [0.3, 0.4) is 0 Å². The molecule has 4 heteroatoms. The maximum absolute atomic E-state index is 13.4. The van der Waals surface area contributed by atoms with Crippen LogP contribution in [0.25, 0.3) is 5.69 Å². The molecule has 1 aromatic carbocycles. The van der Waals surface area contributed by atoms with E-state index in [1.165, 1.54) is 18.5 Å². The van der Waals surface area contributed by atoms with Gasteiger partial charge < -0.3 is 4.42 Å². The number of rotatable bonds is 1. The summed E-state index contributed by atoms with van der Waals surface area (Å²) in [6.45, 7) is 1.78. The van der Waals surface area contributed by atoms with E-state index >= 15 is 0 Å². The number of hydrogen-bond donors (Lipinski definition) is 0. The summed E-state index contributed by atoms with van der Waals surface area (Å²) in [5, 5.41) is 0. The summed E-state index contributed by atoms with van der Waals surface area (Å²) in [4.78, 5) is 11.1. The molecule has 0 amide bonds. The van der Waals surface area contributed by atoms with Crippen LogP contribution in [-0.2, 0) is 0 Å². The minimum absolute atomic E-state index is 0.203. The van der Waals surface area contributed by atoms with Crippen molar-refractivity contribution in [2.24, 2.45) is 0 Å². The monoisotopic (exact) mass is 193 g/mol. The van der Waals surface area contributed by atoms with Crippen LogP contribution in [0.5, 0.6) is 0 Å². The van der Waals surface area contributed by atoms with Crippen LogP contribution in [0.15, 0.2) is 39.9 Å². The third kappa shape index (κ3) is 1.35. The lowest BCUT2D eigenvalue weighted by Crippen LogP contribution is -2.12. The molecule has 0 saturated heterocycles. The fourth-order valence-corrected chi connectivity index (χ4v) is 1.25. The Bertz CT molecular complexity index is 513. The summed E-state index contributed by atoms with van der Waals surface area (Å²) in [7, 11) is 0. The molecular weight excluding hydrogens is 185 g/mol. The van der Waals surface area contributed by atoms with Crippen molar-refractivity contribution in [1.29, 1.82) is 0 Å². The molecule has 1 heterocycles. The third-order valence-corrected chi connectivity index (χ3v) is 1.94. The predicted molar refractivity (Wildman–Crippen MR) is 49.0 cm³/mol. The van der Waals surface area contributed by atoms with Gasteiger partial charge >= 0.3 is 5.76 Å². The van der Waals surface area contributed by atoms with E-state index in [1.807, 2.05) is 0 Å². The number of benzene rings is 1. The van der Waals surface area contributed by atoms with Gasteiger partial charge in [0, 0.05) is 0 Å². The Morgan fingerprint density at radius 2 is 2.21 bits per heavy atom. The lowest BCUT2D eigenvalue weighted by Gasteiger charge is -2.02. The Morgan fingerprint density at radius 3 is 2.79 bits per heavy atom. The van der Waals surface area contributed by atoms with Crippen molar-refractivity contribution < 1.29 is 8.81 Å². The van der Waals surface area contributed by atoms with Gasteiger partial charge in [0.1, 0.15) is 12.1 Å². The van der Waals surface area contributed by atoms with E-state index in [-0.39, 0.29) is 5.69 Å². The molecule has 14 heavy (non-hydrogen) atoms. The van der Waals surface area contributed by atoms with Crippen LogP contribution in [0.1, 0.15) is 5.56 Å². The van der Waals surface area contributed by atoms with Gasteiger partial charge in [-0.3, -0.25) is 0 Å². The van der Waals surface area contributed by atoms with E-state index in [4.69, 9.17) is 0 Å². The third-order valence-electron chi connectivity index (χ3n) is 1.94. The van der Waals surface area contributed by atoms with Crippen molar-refractivity contribution >= 4 is 0 Å². The number of nitrogens with zero attached hydrogens (tertiary/aromatic N) is 1. The van der Waals surface area contributed by atoms with Crippen molar-refractivity contribution in [3.63, 3.8) is 0 Å². The Balaban J connectivity index is 2.63. The van der Waals surface area contributed by atoms with E-state index in [0.717, 1.165) is 10.1 Å². The zero-order valence-corrected chi connectivity index (χ0v) is 7.53. The van der Waals surface area contributed by atoms with Crippen LogP contribution in [0.2, 0.25) is 0 Å². The second kappa shape index (κ2) is 3.14. The average Bonchev–Trinajstić information content (AvgIpc) is 2.52. The van der Waals surface area contributed by atoms with Crippen LogP contribution >= 0.6 is 0 Å². The quantitative estimate of drug-likeness (QED) is 0.693. The highest BCUT2D eigenvalue weighted by molar-refractivity contribution is 5.35. The standard InChI is InChI=1S/C10H8FNO2/c1-7-2-3-9(8(11)6-7)12-4-5-14-10(12)13/h2-6H,1H3. The number of halogens is 1. The van der Waals surface area contributed by atoms with Gasteiger partial charge in [-0.25, -0.2) is 13.8 Å². The highest BCUT2D eigenvalue weighted by Crippen LogP contribution is 2.12. The number of aryl methyl sites for hydroxylation is 1. The molecule has 0 aliphatic carbocycles. The van der Waals surface area contributed by atoms with E-state index < -0.39 is 11.6 Å². The normalized spacial score (nSPS) is 10.4. The topological polar surface area (TPSA) is 35.1 Å². The second-order valence-electron chi connectivity index (χ2n) is 2.99. The molecule has 72 valence electrons. The predicted octanol–water partition coefficient (Wildman–Crippen LogP) is 1.88. The van der Waals surface area contributed by atoms with Crippen molar-refractivity contribution in [3.8, 4) is 5.69 Å². The fraction of sp³-hybridized carbons (Fsp3) is 0.100. The maximum atomic E-state index is 13.4. The first-order chi connectivity index (χ1) is 6.68. The first-order valence-corrected chi connectivity index (χ1v) is 4.11. The molecule has 3 nitrogen and oxygen atoms in total. The van der Waals surface area contributed by atoms with Crippen molar-refractivity contribution in [2.45, 2.75) is 6.92 Å². The molecule has 2 rings (SSSR count). The molecule has 0 fully saturated rings. The maximum Gasteiger partial charge on any atom is 0.423 e. The van der Waals surface area contributed by atoms with Gasteiger partial charge in [0.05, 0.1) is 11.9 Å². The second-order valence-corrected chi connectivity index (χ2v) is 2.99. The highest BCUT2D eigenvalue weighted by atomic mass is 19.1. The largest absolute Gasteiger partial charge is 0.423 e. The number of aromatic nitrogens is 1. The summed E-state index contributed by atoms with van der Waals surface area (Å²) in [5.41, 5.74) is 1.01. The number of hydrogen-bond acceptors (Lipinski definition) is 2. The van der Waals surface area contributed by atoms with Gasteiger partial charge in [-0.05, 0) is 24.6 Å². The minimum Gasteiger partial charge on any atom is -0.416 e. The summed E-state index contributed by atoms with van der Waals surface area (Å²) >= 11 is 0. The minimum atomic E-state index is -0.590. The lowest BCUT2D eigenvalue weighted by atomic mass is 10.2. The summed E-state index contributed by atoms with van der Waals surface area (Å²) in [6, 6.07) is 4.65. The molecule has 0 aliphatic rings. The first kappa shape index (κ1) is 8.74. The van der Waals surface area contributed by atoms with Gasteiger partial charge in [-0.15, -0.1) is 0 Å². The zero-order chi connectivity index (χ0) is 10.1. The Kier molecular flexibility index (Phi) is 1.96. The summed E-state index contributed by atoms with van der Waals surface area (Å²) in [5.74, 6) is -1.03. The molecule has 0 N–H and O–H groups in total. The smallest absolute Gasteiger partial charge is 0.416 e. The van der Waals surface area contributed by atoms with Crippen LogP contribution in [0.4, 0.5) is 4.39 Å². The molecule has 1 aromatic heterocycles. The molecule has 0 atom stereocenters. The molecular formula is C10H8FNO2. The molecule has 0 radical (unpaired) electrons. The lowest BCUT2D eigenvalue weighted by molar-refractivity contribution is 0.500. The first-order valence-electron chi connectivity index (χ1n) is 4.11.